The van der Waals surface area contributed by atoms with Gasteiger partial charge in [-0.2, -0.15) is 0 Å². The molecule has 4 rings (SSSR count). The van der Waals surface area contributed by atoms with Crippen molar-refractivity contribution in [3.63, 3.8) is 0 Å². The van der Waals surface area contributed by atoms with Gasteiger partial charge >= 0.3 is 0 Å². The van der Waals surface area contributed by atoms with Crippen molar-refractivity contribution >= 4 is 39.7 Å². The van der Waals surface area contributed by atoms with E-state index in [1.54, 1.807) is 18.2 Å². The summed E-state index contributed by atoms with van der Waals surface area (Å²) in [6, 6.07) is 18.9. The van der Waals surface area contributed by atoms with Crippen LogP contribution >= 0.6 is 12.2 Å². The highest BCUT2D eigenvalue weighted by Crippen LogP contribution is 2.30. The summed E-state index contributed by atoms with van der Waals surface area (Å²) in [6.45, 7) is 0.983. The fraction of sp³-hybridized carbons (Fsp3) is 0.100. The number of hydrogen-bond donors (Lipinski definition) is 2. The largest absolute Gasteiger partial charge is 0.486 e. The van der Waals surface area contributed by atoms with Gasteiger partial charge in [-0.25, -0.2) is 0 Å². The highest BCUT2D eigenvalue weighted by molar-refractivity contribution is 7.80. The number of carbonyl (C=O) groups is 1. The fourth-order valence-corrected chi connectivity index (χ4v) is 3.05. The maximum Gasteiger partial charge on any atom is 0.257 e. The summed E-state index contributed by atoms with van der Waals surface area (Å²) >= 11 is 5.30. The van der Waals surface area contributed by atoms with Crippen LogP contribution in [-0.2, 0) is 0 Å². The van der Waals surface area contributed by atoms with Crippen LogP contribution in [-0.4, -0.2) is 24.2 Å². The summed E-state index contributed by atoms with van der Waals surface area (Å²) in [5.74, 6) is 0.904. The molecule has 0 fully saturated rings. The molecule has 3 aromatic rings. The van der Waals surface area contributed by atoms with Crippen molar-refractivity contribution in [3.8, 4) is 11.5 Å². The molecule has 130 valence electrons. The third-order valence-corrected chi connectivity index (χ3v) is 4.27. The molecular weight excluding hydrogens is 348 g/mol. The van der Waals surface area contributed by atoms with Crippen LogP contribution in [0.1, 0.15) is 10.4 Å². The van der Waals surface area contributed by atoms with Gasteiger partial charge in [0.15, 0.2) is 16.6 Å². The monoisotopic (exact) mass is 364 g/mol. The fourth-order valence-electron chi connectivity index (χ4n) is 2.85. The molecular formula is C20H16N2O3S. The zero-order chi connectivity index (χ0) is 17.9. The van der Waals surface area contributed by atoms with Crippen LogP contribution in [0.2, 0.25) is 0 Å². The number of ether oxygens (including phenoxy) is 2. The zero-order valence-corrected chi connectivity index (χ0v) is 14.6. The number of fused-ring (bicyclic) bond motifs is 2. The smallest absolute Gasteiger partial charge is 0.257 e. The average molecular weight is 364 g/mol. The standard InChI is InChI=1S/C20H16N2O3S/c23-19(14-8-9-17-18(12-14)25-11-10-24-17)22-20(26)21-16-7-3-5-13-4-1-2-6-15(13)16/h1-9,12H,10-11H2,(H2,21,22,23,26). The molecule has 2 N–H and O–H groups in total. The lowest BCUT2D eigenvalue weighted by molar-refractivity contribution is 0.0976. The van der Waals surface area contributed by atoms with E-state index < -0.39 is 0 Å². The lowest BCUT2D eigenvalue weighted by Crippen LogP contribution is -2.34. The molecule has 26 heavy (non-hydrogen) atoms. The van der Waals surface area contributed by atoms with Gasteiger partial charge in [-0.05, 0) is 41.9 Å². The van der Waals surface area contributed by atoms with Gasteiger partial charge in [0.25, 0.3) is 5.91 Å². The maximum atomic E-state index is 12.5. The van der Waals surface area contributed by atoms with Crippen molar-refractivity contribution < 1.29 is 14.3 Å². The Hall–Kier alpha value is -3.12. The Morgan fingerprint density at radius 3 is 2.58 bits per heavy atom. The van der Waals surface area contributed by atoms with Gasteiger partial charge < -0.3 is 14.8 Å². The van der Waals surface area contributed by atoms with Crippen molar-refractivity contribution in [3.05, 3.63) is 66.2 Å². The third kappa shape index (κ3) is 3.32. The topological polar surface area (TPSA) is 59.6 Å². The zero-order valence-electron chi connectivity index (χ0n) is 13.8. The van der Waals surface area contributed by atoms with Gasteiger partial charge in [0.05, 0.1) is 0 Å². The van der Waals surface area contributed by atoms with E-state index in [2.05, 4.69) is 10.6 Å². The Labute approximate surface area is 155 Å². The number of thiocarbonyl (C=S) groups is 1. The van der Waals surface area contributed by atoms with Gasteiger partial charge in [0.2, 0.25) is 0 Å². The van der Waals surface area contributed by atoms with E-state index >= 15 is 0 Å². The minimum atomic E-state index is -0.306. The van der Waals surface area contributed by atoms with E-state index in [9.17, 15) is 4.79 Å². The first-order valence-corrected chi connectivity index (χ1v) is 8.61. The minimum absolute atomic E-state index is 0.237. The molecule has 0 saturated carbocycles. The maximum absolute atomic E-state index is 12.5. The normalized spacial score (nSPS) is 12.5. The highest BCUT2D eigenvalue weighted by atomic mass is 32.1. The molecule has 0 radical (unpaired) electrons. The lowest BCUT2D eigenvalue weighted by Gasteiger charge is -2.18. The van der Waals surface area contributed by atoms with Gasteiger partial charge in [-0.15, -0.1) is 0 Å². The SMILES string of the molecule is O=C(NC(=S)Nc1cccc2ccccc12)c1ccc2c(c1)OCCO2. The number of rotatable bonds is 2. The molecule has 5 nitrogen and oxygen atoms in total. The predicted octanol–water partition coefficient (Wildman–Crippen LogP) is 3.74. The summed E-state index contributed by atoms with van der Waals surface area (Å²) in [5.41, 5.74) is 1.30. The Balaban J connectivity index is 1.48. The Kier molecular flexibility index (Phi) is 4.41. The number of carbonyl (C=O) groups excluding carboxylic acids is 1. The second-order valence-corrected chi connectivity index (χ2v) is 6.20. The highest BCUT2D eigenvalue weighted by Gasteiger charge is 2.15. The number of hydrogen-bond acceptors (Lipinski definition) is 4. The quantitative estimate of drug-likeness (QED) is 0.679. The summed E-state index contributed by atoms with van der Waals surface area (Å²) in [6.07, 6.45) is 0. The third-order valence-electron chi connectivity index (χ3n) is 4.07. The Bertz CT molecular complexity index is 998. The first kappa shape index (κ1) is 16.4. The van der Waals surface area contributed by atoms with E-state index in [4.69, 9.17) is 21.7 Å². The van der Waals surface area contributed by atoms with E-state index in [1.165, 1.54) is 0 Å². The van der Waals surface area contributed by atoms with E-state index in [-0.39, 0.29) is 11.0 Å². The van der Waals surface area contributed by atoms with Crippen LogP contribution in [0.25, 0.3) is 10.8 Å². The summed E-state index contributed by atoms with van der Waals surface area (Å²) in [4.78, 5) is 12.5. The summed E-state index contributed by atoms with van der Waals surface area (Å²) in [7, 11) is 0. The van der Waals surface area contributed by atoms with Crippen molar-refractivity contribution in [1.82, 2.24) is 5.32 Å². The number of benzene rings is 3. The van der Waals surface area contributed by atoms with Crippen molar-refractivity contribution in [2.24, 2.45) is 0 Å². The minimum Gasteiger partial charge on any atom is -0.486 e. The van der Waals surface area contributed by atoms with Crippen LogP contribution in [0.5, 0.6) is 11.5 Å². The van der Waals surface area contributed by atoms with Gasteiger partial charge in [0, 0.05) is 16.6 Å². The van der Waals surface area contributed by atoms with E-state index in [0.717, 1.165) is 16.5 Å². The molecule has 0 spiro atoms. The van der Waals surface area contributed by atoms with E-state index in [0.29, 0.717) is 30.3 Å². The van der Waals surface area contributed by atoms with Gasteiger partial charge in [-0.1, -0.05) is 36.4 Å². The Morgan fingerprint density at radius 2 is 1.69 bits per heavy atom. The van der Waals surface area contributed by atoms with Crippen molar-refractivity contribution in [2.75, 3.05) is 18.5 Å². The van der Waals surface area contributed by atoms with E-state index in [1.807, 2.05) is 42.5 Å². The molecule has 6 heteroatoms. The molecule has 0 aromatic heterocycles. The molecule has 0 aliphatic carbocycles. The summed E-state index contributed by atoms with van der Waals surface area (Å²) < 4.78 is 11.0. The molecule has 1 aliphatic rings. The first-order chi connectivity index (χ1) is 12.7. The van der Waals surface area contributed by atoms with Crippen LogP contribution in [0.4, 0.5) is 5.69 Å². The second kappa shape index (κ2) is 7.01. The number of amides is 1. The average Bonchev–Trinajstić information content (AvgIpc) is 2.68. The molecule has 0 unspecified atom stereocenters. The second-order valence-electron chi connectivity index (χ2n) is 5.79. The number of nitrogens with one attached hydrogen (secondary N) is 2. The molecule has 3 aromatic carbocycles. The van der Waals surface area contributed by atoms with Gasteiger partial charge in [0.1, 0.15) is 13.2 Å². The molecule has 1 aliphatic heterocycles. The molecule has 0 bridgehead atoms. The molecule has 0 saturated heterocycles. The first-order valence-electron chi connectivity index (χ1n) is 8.20. The lowest BCUT2D eigenvalue weighted by atomic mass is 10.1. The summed E-state index contributed by atoms with van der Waals surface area (Å²) in [5, 5.41) is 8.16. The van der Waals surface area contributed by atoms with Crippen molar-refractivity contribution in [2.45, 2.75) is 0 Å². The van der Waals surface area contributed by atoms with Crippen LogP contribution in [0.15, 0.2) is 60.7 Å². The molecule has 1 amide bonds. The van der Waals surface area contributed by atoms with Crippen molar-refractivity contribution in [1.29, 1.82) is 0 Å². The van der Waals surface area contributed by atoms with Crippen LogP contribution in [0, 0.1) is 0 Å². The molecule has 0 atom stereocenters. The number of anilines is 1. The predicted molar refractivity (Wildman–Crippen MR) is 105 cm³/mol. The van der Waals surface area contributed by atoms with Crippen LogP contribution < -0.4 is 20.1 Å². The molecule has 1 heterocycles. The van der Waals surface area contributed by atoms with Crippen LogP contribution in [0.3, 0.4) is 0 Å². The van der Waals surface area contributed by atoms with Gasteiger partial charge in [-0.3, -0.25) is 10.1 Å². The Morgan fingerprint density at radius 1 is 0.923 bits per heavy atom.